The molecule has 2 aromatic carbocycles. The molecule has 0 bridgehead atoms. The van der Waals surface area contributed by atoms with E-state index in [1.165, 1.54) is 27.8 Å². The van der Waals surface area contributed by atoms with Crippen LogP contribution in [0, 0.1) is 13.8 Å². The molecule has 0 nitrogen and oxygen atoms in total. The SMILES string of the molecule is Cc1ccc(C(Cl)C2Cc3ccccc32)c(C)c1. The molecule has 0 aromatic heterocycles. The second kappa shape index (κ2) is 4.44. The Morgan fingerprint density at radius 3 is 2.61 bits per heavy atom. The van der Waals surface area contributed by atoms with Gasteiger partial charge in [0.2, 0.25) is 0 Å². The minimum Gasteiger partial charge on any atom is -0.117 e. The van der Waals surface area contributed by atoms with Crippen molar-refractivity contribution in [1.82, 2.24) is 0 Å². The molecule has 1 aliphatic carbocycles. The van der Waals surface area contributed by atoms with Crippen LogP contribution in [0.25, 0.3) is 0 Å². The van der Waals surface area contributed by atoms with Crippen molar-refractivity contribution in [2.75, 3.05) is 0 Å². The molecule has 0 radical (unpaired) electrons. The zero-order valence-electron chi connectivity index (χ0n) is 10.8. The van der Waals surface area contributed by atoms with Crippen LogP contribution in [0.2, 0.25) is 0 Å². The van der Waals surface area contributed by atoms with E-state index in [0.29, 0.717) is 5.92 Å². The molecule has 0 heterocycles. The fourth-order valence-electron chi connectivity index (χ4n) is 2.91. The third-order valence-electron chi connectivity index (χ3n) is 3.97. The van der Waals surface area contributed by atoms with Crippen LogP contribution in [-0.4, -0.2) is 0 Å². The summed E-state index contributed by atoms with van der Waals surface area (Å²) in [5.74, 6) is 0.476. The Balaban J connectivity index is 1.91. The van der Waals surface area contributed by atoms with Crippen molar-refractivity contribution in [3.8, 4) is 0 Å². The smallest absolute Gasteiger partial charge is 0.0659 e. The second-order valence-electron chi connectivity index (χ2n) is 5.27. The lowest BCUT2D eigenvalue weighted by Crippen LogP contribution is -2.21. The molecule has 0 N–H and O–H groups in total. The van der Waals surface area contributed by atoms with Crippen LogP contribution < -0.4 is 0 Å². The largest absolute Gasteiger partial charge is 0.117 e. The number of aryl methyl sites for hydroxylation is 2. The molecule has 1 heteroatoms. The molecule has 0 amide bonds. The van der Waals surface area contributed by atoms with Crippen molar-refractivity contribution in [2.24, 2.45) is 0 Å². The third kappa shape index (κ3) is 1.85. The van der Waals surface area contributed by atoms with Gasteiger partial charge in [-0.3, -0.25) is 0 Å². The molecule has 0 fully saturated rings. The molecule has 0 saturated carbocycles. The Morgan fingerprint density at radius 2 is 1.89 bits per heavy atom. The highest BCUT2D eigenvalue weighted by molar-refractivity contribution is 6.21. The Kier molecular flexibility index (Phi) is 2.91. The van der Waals surface area contributed by atoms with Crippen LogP contribution in [0.5, 0.6) is 0 Å². The second-order valence-corrected chi connectivity index (χ2v) is 5.74. The number of halogens is 1. The molecular weight excluding hydrogens is 240 g/mol. The first-order valence-electron chi connectivity index (χ1n) is 6.46. The van der Waals surface area contributed by atoms with E-state index in [1.54, 1.807) is 0 Å². The van der Waals surface area contributed by atoms with E-state index in [0.717, 1.165) is 6.42 Å². The first-order valence-corrected chi connectivity index (χ1v) is 6.89. The number of hydrogen-bond acceptors (Lipinski definition) is 0. The topological polar surface area (TPSA) is 0 Å². The molecular formula is C17H17Cl. The van der Waals surface area contributed by atoms with Crippen LogP contribution in [0.15, 0.2) is 42.5 Å². The molecule has 3 rings (SSSR count). The summed E-state index contributed by atoms with van der Waals surface area (Å²) < 4.78 is 0. The summed E-state index contributed by atoms with van der Waals surface area (Å²) in [5, 5.41) is 0.0977. The summed E-state index contributed by atoms with van der Waals surface area (Å²) in [5.41, 5.74) is 6.77. The van der Waals surface area contributed by atoms with Gasteiger partial charge in [0, 0.05) is 5.92 Å². The lowest BCUT2D eigenvalue weighted by atomic mass is 9.74. The summed E-state index contributed by atoms with van der Waals surface area (Å²) in [6, 6.07) is 15.2. The summed E-state index contributed by atoms with van der Waals surface area (Å²) >= 11 is 6.69. The van der Waals surface area contributed by atoms with E-state index in [9.17, 15) is 0 Å². The number of hydrogen-bond donors (Lipinski definition) is 0. The van der Waals surface area contributed by atoms with Gasteiger partial charge in [0.05, 0.1) is 5.38 Å². The Labute approximate surface area is 114 Å². The molecule has 1 aliphatic rings. The maximum atomic E-state index is 6.69. The lowest BCUT2D eigenvalue weighted by Gasteiger charge is -2.34. The van der Waals surface area contributed by atoms with Crippen molar-refractivity contribution in [2.45, 2.75) is 31.6 Å². The highest BCUT2D eigenvalue weighted by Crippen LogP contribution is 2.47. The number of fused-ring (bicyclic) bond motifs is 1. The lowest BCUT2D eigenvalue weighted by molar-refractivity contribution is 0.585. The van der Waals surface area contributed by atoms with E-state index in [1.807, 2.05) is 0 Å². The van der Waals surface area contributed by atoms with E-state index in [2.05, 4.69) is 56.3 Å². The minimum absolute atomic E-state index is 0.0977. The summed E-state index contributed by atoms with van der Waals surface area (Å²) in [7, 11) is 0. The van der Waals surface area contributed by atoms with Gasteiger partial charge in [0.15, 0.2) is 0 Å². The minimum atomic E-state index is 0.0977. The van der Waals surface area contributed by atoms with Crippen LogP contribution >= 0.6 is 11.6 Å². The van der Waals surface area contributed by atoms with Gasteiger partial charge in [-0.2, -0.15) is 0 Å². The van der Waals surface area contributed by atoms with Gasteiger partial charge in [-0.1, -0.05) is 48.0 Å². The molecule has 2 atom stereocenters. The van der Waals surface area contributed by atoms with Gasteiger partial charge in [0.1, 0.15) is 0 Å². The molecule has 2 aromatic rings. The van der Waals surface area contributed by atoms with Crippen molar-refractivity contribution in [1.29, 1.82) is 0 Å². The Hall–Kier alpha value is -1.27. The molecule has 0 spiro atoms. The molecule has 2 unspecified atom stereocenters. The predicted octanol–water partition coefficient (Wildman–Crippen LogP) is 4.92. The maximum Gasteiger partial charge on any atom is 0.0659 e. The Morgan fingerprint density at radius 1 is 1.11 bits per heavy atom. The predicted molar refractivity (Wildman–Crippen MR) is 77.4 cm³/mol. The number of alkyl halides is 1. The van der Waals surface area contributed by atoms with Crippen molar-refractivity contribution >= 4 is 11.6 Å². The summed E-state index contributed by atoms with van der Waals surface area (Å²) in [6.07, 6.45) is 1.11. The zero-order chi connectivity index (χ0) is 12.7. The van der Waals surface area contributed by atoms with E-state index in [4.69, 9.17) is 11.6 Å². The van der Waals surface area contributed by atoms with Crippen LogP contribution in [0.3, 0.4) is 0 Å². The first kappa shape index (κ1) is 11.8. The quantitative estimate of drug-likeness (QED) is 0.669. The van der Waals surface area contributed by atoms with Gasteiger partial charge in [0.25, 0.3) is 0 Å². The van der Waals surface area contributed by atoms with Crippen molar-refractivity contribution in [3.05, 3.63) is 70.3 Å². The normalized spacial score (nSPS) is 18.9. The van der Waals surface area contributed by atoms with Gasteiger partial charge < -0.3 is 0 Å². The highest BCUT2D eigenvalue weighted by Gasteiger charge is 2.32. The van der Waals surface area contributed by atoms with Crippen LogP contribution in [0.4, 0.5) is 0 Å². The molecule has 92 valence electrons. The van der Waals surface area contributed by atoms with Crippen molar-refractivity contribution in [3.63, 3.8) is 0 Å². The van der Waals surface area contributed by atoms with Crippen LogP contribution in [0.1, 0.15) is 39.1 Å². The average Bonchev–Trinajstić information content (AvgIpc) is 2.30. The van der Waals surface area contributed by atoms with Crippen LogP contribution in [-0.2, 0) is 6.42 Å². The average molecular weight is 257 g/mol. The van der Waals surface area contributed by atoms with Gasteiger partial charge in [-0.25, -0.2) is 0 Å². The molecule has 0 aliphatic heterocycles. The number of benzene rings is 2. The summed E-state index contributed by atoms with van der Waals surface area (Å²) in [6.45, 7) is 4.28. The zero-order valence-corrected chi connectivity index (χ0v) is 11.5. The third-order valence-corrected chi connectivity index (χ3v) is 4.51. The molecule has 0 saturated heterocycles. The van der Waals surface area contributed by atoms with Gasteiger partial charge >= 0.3 is 0 Å². The van der Waals surface area contributed by atoms with E-state index >= 15 is 0 Å². The fourth-order valence-corrected chi connectivity index (χ4v) is 3.38. The monoisotopic (exact) mass is 256 g/mol. The van der Waals surface area contributed by atoms with E-state index in [-0.39, 0.29) is 5.38 Å². The van der Waals surface area contributed by atoms with Crippen molar-refractivity contribution < 1.29 is 0 Å². The van der Waals surface area contributed by atoms with Gasteiger partial charge in [-0.15, -0.1) is 11.6 Å². The maximum absolute atomic E-state index is 6.69. The first-order chi connectivity index (χ1) is 8.66. The van der Waals surface area contributed by atoms with Gasteiger partial charge in [-0.05, 0) is 42.5 Å². The highest BCUT2D eigenvalue weighted by atomic mass is 35.5. The number of rotatable bonds is 2. The fraction of sp³-hybridized carbons (Fsp3) is 0.294. The molecule has 18 heavy (non-hydrogen) atoms. The standard InChI is InChI=1S/C17H17Cl/c1-11-7-8-14(12(2)9-11)17(18)16-10-13-5-3-4-6-15(13)16/h3-9,16-17H,10H2,1-2H3. The Bertz CT molecular complexity index is 586. The summed E-state index contributed by atoms with van der Waals surface area (Å²) in [4.78, 5) is 0. The van der Waals surface area contributed by atoms with E-state index < -0.39 is 0 Å².